The summed E-state index contributed by atoms with van der Waals surface area (Å²) in [5.41, 5.74) is 3.30. The van der Waals surface area contributed by atoms with Gasteiger partial charge in [0.2, 0.25) is 5.91 Å². The van der Waals surface area contributed by atoms with Crippen LogP contribution in [0.25, 0.3) is 0 Å². The van der Waals surface area contributed by atoms with E-state index in [0.29, 0.717) is 6.61 Å². The molecule has 0 bridgehead atoms. The Hall–Kier alpha value is -2.04. The molecule has 3 rings (SSSR count). The lowest BCUT2D eigenvalue weighted by atomic mass is 9.96. The number of benzene rings is 2. The Morgan fingerprint density at radius 1 is 1.07 bits per heavy atom. The number of carbonyl (C=O) groups is 1. The molecule has 1 amide bonds. The molecular formula is C22H29ClN2O2. The van der Waals surface area contributed by atoms with E-state index in [0.717, 1.165) is 48.4 Å². The molecule has 1 saturated heterocycles. The average Bonchev–Trinajstić information content (AvgIpc) is 2.68. The third kappa shape index (κ3) is 5.72. The molecule has 0 radical (unpaired) electrons. The van der Waals surface area contributed by atoms with Crippen LogP contribution < -0.4 is 15.4 Å². The van der Waals surface area contributed by atoms with Gasteiger partial charge in [0.1, 0.15) is 12.4 Å². The molecule has 0 saturated carbocycles. The number of ether oxygens (including phenoxy) is 1. The van der Waals surface area contributed by atoms with Crippen LogP contribution >= 0.6 is 12.4 Å². The summed E-state index contributed by atoms with van der Waals surface area (Å²) in [6, 6.07) is 16.0. The van der Waals surface area contributed by atoms with Gasteiger partial charge in [0.25, 0.3) is 0 Å². The van der Waals surface area contributed by atoms with Crippen molar-refractivity contribution in [3.8, 4) is 5.75 Å². The molecule has 5 heteroatoms. The molecule has 0 aromatic heterocycles. The van der Waals surface area contributed by atoms with Crippen LogP contribution in [0.15, 0.2) is 48.5 Å². The lowest BCUT2D eigenvalue weighted by Crippen LogP contribution is -2.41. The predicted molar refractivity (Wildman–Crippen MR) is 112 cm³/mol. The molecule has 0 aliphatic carbocycles. The fraction of sp³-hybridized carbons (Fsp3) is 0.409. The van der Waals surface area contributed by atoms with Gasteiger partial charge in [-0.1, -0.05) is 48.5 Å². The Bertz CT molecular complexity index is 710. The van der Waals surface area contributed by atoms with E-state index in [1.54, 1.807) is 0 Å². The van der Waals surface area contributed by atoms with Crippen molar-refractivity contribution in [3.63, 3.8) is 0 Å². The monoisotopic (exact) mass is 388 g/mol. The van der Waals surface area contributed by atoms with Crippen molar-refractivity contribution in [3.05, 3.63) is 65.2 Å². The molecule has 27 heavy (non-hydrogen) atoms. The molecular weight excluding hydrogens is 360 g/mol. The highest BCUT2D eigenvalue weighted by Gasteiger charge is 2.24. The third-order valence-corrected chi connectivity index (χ3v) is 5.03. The standard InChI is InChI=1S/C22H28N2O2.ClH/c1-16-7-6-8-17(2)21(16)26-15-20(18-9-4-3-5-10-18)24-22(25)19-11-13-23-14-12-19;/h3-10,19-20,23H,11-15H2,1-2H3,(H,24,25);1H. The molecule has 4 nitrogen and oxygen atoms in total. The van der Waals surface area contributed by atoms with Gasteiger partial charge in [-0.05, 0) is 56.5 Å². The zero-order valence-corrected chi connectivity index (χ0v) is 16.9. The highest BCUT2D eigenvalue weighted by atomic mass is 35.5. The van der Waals surface area contributed by atoms with E-state index in [2.05, 4.69) is 10.6 Å². The van der Waals surface area contributed by atoms with Crippen LogP contribution in [0.4, 0.5) is 0 Å². The number of aryl methyl sites for hydroxylation is 2. The smallest absolute Gasteiger partial charge is 0.223 e. The number of amides is 1. The van der Waals surface area contributed by atoms with Crippen LogP contribution in [0.2, 0.25) is 0 Å². The number of piperidine rings is 1. The SMILES string of the molecule is Cc1cccc(C)c1OCC(NC(=O)C1CCNCC1)c1ccccc1.Cl. The average molecular weight is 389 g/mol. The van der Waals surface area contributed by atoms with E-state index >= 15 is 0 Å². The Morgan fingerprint density at radius 2 is 1.70 bits per heavy atom. The molecule has 1 heterocycles. The number of nitrogens with one attached hydrogen (secondary N) is 2. The van der Waals surface area contributed by atoms with E-state index in [-0.39, 0.29) is 30.3 Å². The number of halogens is 1. The number of carbonyl (C=O) groups excluding carboxylic acids is 1. The normalized spacial score (nSPS) is 15.5. The van der Waals surface area contributed by atoms with Crippen molar-refractivity contribution in [2.75, 3.05) is 19.7 Å². The molecule has 2 N–H and O–H groups in total. The maximum Gasteiger partial charge on any atom is 0.223 e. The highest BCUT2D eigenvalue weighted by molar-refractivity contribution is 5.85. The van der Waals surface area contributed by atoms with Crippen LogP contribution in [-0.4, -0.2) is 25.6 Å². The van der Waals surface area contributed by atoms with Gasteiger partial charge in [0.05, 0.1) is 6.04 Å². The first-order chi connectivity index (χ1) is 12.6. The summed E-state index contributed by atoms with van der Waals surface area (Å²) >= 11 is 0. The zero-order chi connectivity index (χ0) is 18.4. The number of hydrogen-bond donors (Lipinski definition) is 2. The molecule has 1 fully saturated rings. The van der Waals surface area contributed by atoms with Gasteiger partial charge in [-0.2, -0.15) is 0 Å². The minimum absolute atomic E-state index is 0. The Morgan fingerprint density at radius 3 is 2.33 bits per heavy atom. The van der Waals surface area contributed by atoms with Gasteiger partial charge in [0.15, 0.2) is 0 Å². The third-order valence-electron chi connectivity index (χ3n) is 5.03. The second-order valence-corrected chi connectivity index (χ2v) is 7.03. The minimum atomic E-state index is -0.155. The van der Waals surface area contributed by atoms with E-state index in [1.165, 1.54) is 0 Å². The van der Waals surface area contributed by atoms with Crippen LogP contribution in [0.5, 0.6) is 5.75 Å². The first-order valence-electron chi connectivity index (χ1n) is 9.40. The number of hydrogen-bond acceptors (Lipinski definition) is 3. The Kier molecular flexibility index (Phi) is 8.14. The predicted octanol–water partition coefficient (Wildman–Crippen LogP) is 3.96. The summed E-state index contributed by atoms with van der Waals surface area (Å²) in [7, 11) is 0. The maximum atomic E-state index is 12.7. The lowest BCUT2D eigenvalue weighted by Gasteiger charge is -2.26. The first-order valence-corrected chi connectivity index (χ1v) is 9.40. The summed E-state index contributed by atoms with van der Waals surface area (Å²) in [4.78, 5) is 12.7. The number of rotatable bonds is 6. The second kappa shape index (κ2) is 10.3. The molecule has 1 aliphatic rings. The maximum absolute atomic E-state index is 12.7. The first kappa shape index (κ1) is 21.3. The van der Waals surface area contributed by atoms with Crippen LogP contribution in [0.1, 0.15) is 35.6 Å². The highest BCUT2D eigenvalue weighted by Crippen LogP contribution is 2.24. The van der Waals surface area contributed by atoms with Crippen molar-refractivity contribution in [1.29, 1.82) is 0 Å². The van der Waals surface area contributed by atoms with Gasteiger partial charge in [-0.25, -0.2) is 0 Å². The van der Waals surface area contributed by atoms with Gasteiger partial charge in [0, 0.05) is 5.92 Å². The molecule has 2 aromatic rings. The summed E-state index contributed by atoms with van der Waals surface area (Å²) in [6.45, 7) is 6.34. The number of para-hydroxylation sites is 1. The zero-order valence-electron chi connectivity index (χ0n) is 16.0. The van der Waals surface area contributed by atoms with E-state index in [4.69, 9.17) is 4.74 Å². The van der Waals surface area contributed by atoms with Gasteiger partial charge < -0.3 is 15.4 Å². The quantitative estimate of drug-likeness (QED) is 0.787. The molecule has 1 atom stereocenters. The fourth-order valence-corrected chi connectivity index (χ4v) is 3.47. The molecule has 2 aromatic carbocycles. The molecule has 1 unspecified atom stereocenters. The van der Waals surface area contributed by atoms with E-state index < -0.39 is 0 Å². The van der Waals surface area contributed by atoms with Gasteiger partial charge >= 0.3 is 0 Å². The fourth-order valence-electron chi connectivity index (χ4n) is 3.47. The Balaban J connectivity index is 0.00000261. The second-order valence-electron chi connectivity index (χ2n) is 7.03. The summed E-state index contributed by atoms with van der Waals surface area (Å²) in [5, 5.41) is 6.53. The molecule has 146 valence electrons. The van der Waals surface area contributed by atoms with Crippen LogP contribution in [0, 0.1) is 19.8 Å². The minimum Gasteiger partial charge on any atom is -0.491 e. The topological polar surface area (TPSA) is 50.4 Å². The van der Waals surface area contributed by atoms with Gasteiger partial charge in [-0.3, -0.25) is 4.79 Å². The van der Waals surface area contributed by atoms with Crippen molar-refractivity contribution in [2.45, 2.75) is 32.7 Å². The van der Waals surface area contributed by atoms with E-state index in [1.807, 2.05) is 62.4 Å². The molecule has 0 spiro atoms. The van der Waals surface area contributed by atoms with Crippen LogP contribution in [0.3, 0.4) is 0 Å². The van der Waals surface area contributed by atoms with E-state index in [9.17, 15) is 4.79 Å². The van der Waals surface area contributed by atoms with Crippen molar-refractivity contribution in [1.82, 2.24) is 10.6 Å². The van der Waals surface area contributed by atoms with Crippen molar-refractivity contribution < 1.29 is 9.53 Å². The largest absolute Gasteiger partial charge is 0.491 e. The van der Waals surface area contributed by atoms with Gasteiger partial charge in [-0.15, -0.1) is 12.4 Å². The van der Waals surface area contributed by atoms with Crippen molar-refractivity contribution >= 4 is 18.3 Å². The summed E-state index contributed by atoms with van der Waals surface area (Å²) in [5.74, 6) is 1.12. The summed E-state index contributed by atoms with van der Waals surface area (Å²) in [6.07, 6.45) is 1.79. The Labute approximate surface area is 168 Å². The lowest BCUT2D eigenvalue weighted by molar-refractivity contribution is -0.126. The summed E-state index contributed by atoms with van der Waals surface area (Å²) < 4.78 is 6.15. The van der Waals surface area contributed by atoms with Crippen LogP contribution in [-0.2, 0) is 4.79 Å². The van der Waals surface area contributed by atoms with Crippen molar-refractivity contribution in [2.24, 2.45) is 5.92 Å². The molecule has 1 aliphatic heterocycles.